The molecule has 3 N–H and O–H groups in total. The Kier molecular flexibility index (Phi) is 3.93. The third-order valence-electron chi connectivity index (χ3n) is 3.30. The average Bonchev–Trinajstić information content (AvgIpc) is 2.96. The predicted molar refractivity (Wildman–Crippen MR) is 59.1 cm³/mol. The summed E-state index contributed by atoms with van der Waals surface area (Å²) in [7, 11) is 0. The van der Waals surface area contributed by atoms with Crippen molar-refractivity contribution in [3.63, 3.8) is 0 Å². The van der Waals surface area contributed by atoms with E-state index in [0.29, 0.717) is 18.5 Å². The van der Waals surface area contributed by atoms with Crippen molar-refractivity contribution in [2.75, 3.05) is 19.6 Å². The van der Waals surface area contributed by atoms with Crippen molar-refractivity contribution in [2.24, 2.45) is 11.7 Å². The van der Waals surface area contributed by atoms with Crippen molar-refractivity contribution in [2.45, 2.75) is 45.3 Å². The van der Waals surface area contributed by atoms with Crippen LogP contribution in [0.15, 0.2) is 0 Å². The topological polar surface area (TPSA) is 49.5 Å². The van der Waals surface area contributed by atoms with Gasteiger partial charge in [-0.1, -0.05) is 6.92 Å². The van der Waals surface area contributed by atoms with Crippen molar-refractivity contribution in [1.29, 1.82) is 0 Å². The maximum absolute atomic E-state index is 10.3. The van der Waals surface area contributed by atoms with Gasteiger partial charge in [-0.3, -0.25) is 4.90 Å². The van der Waals surface area contributed by atoms with E-state index in [-0.39, 0.29) is 0 Å². The first-order valence-corrected chi connectivity index (χ1v) is 5.70. The molecule has 1 aliphatic rings. The van der Waals surface area contributed by atoms with Crippen molar-refractivity contribution < 1.29 is 5.11 Å². The second-order valence-electron chi connectivity index (χ2n) is 4.74. The van der Waals surface area contributed by atoms with E-state index in [2.05, 4.69) is 25.7 Å². The predicted octanol–water partition coefficient (Wildman–Crippen LogP) is 0.816. The van der Waals surface area contributed by atoms with Crippen LogP contribution >= 0.6 is 0 Å². The molecule has 0 heterocycles. The molecule has 1 unspecified atom stereocenters. The number of rotatable bonds is 6. The molecule has 3 heteroatoms. The zero-order valence-corrected chi connectivity index (χ0v) is 9.66. The number of aliphatic hydroxyl groups is 1. The van der Waals surface area contributed by atoms with Crippen LogP contribution in [0, 0.1) is 5.92 Å². The third kappa shape index (κ3) is 2.69. The van der Waals surface area contributed by atoms with E-state index in [1.165, 1.54) is 0 Å². The van der Waals surface area contributed by atoms with Gasteiger partial charge in [-0.2, -0.15) is 0 Å². The molecule has 0 aromatic heterocycles. The highest BCUT2D eigenvalue weighted by atomic mass is 16.3. The van der Waals surface area contributed by atoms with Crippen molar-refractivity contribution in [3.8, 4) is 0 Å². The summed E-state index contributed by atoms with van der Waals surface area (Å²) in [5.41, 5.74) is 5.04. The highest BCUT2D eigenvalue weighted by Gasteiger charge is 2.43. The van der Waals surface area contributed by atoms with Crippen LogP contribution in [0.1, 0.15) is 33.6 Å². The van der Waals surface area contributed by atoms with E-state index in [4.69, 9.17) is 5.73 Å². The Balaban J connectivity index is 2.53. The fraction of sp³-hybridized carbons (Fsp3) is 1.00. The van der Waals surface area contributed by atoms with Gasteiger partial charge in [-0.25, -0.2) is 0 Å². The number of hydrogen-bond acceptors (Lipinski definition) is 3. The Morgan fingerprint density at radius 2 is 2.07 bits per heavy atom. The summed E-state index contributed by atoms with van der Waals surface area (Å²) in [6.07, 6.45) is 2.28. The minimum absolute atomic E-state index is 0.390. The van der Waals surface area contributed by atoms with E-state index in [9.17, 15) is 5.11 Å². The SMILES string of the molecule is CCN(CC(O)(CN)C1CC1)C(C)C. The molecule has 0 bridgehead atoms. The summed E-state index contributed by atoms with van der Waals surface area (Å²) in [4.78, 5) is 2.28. The van der Waals surface area contributed by atoms with Gasteiger partial charge in [0.15, 0.2) is 0 Å². The van der Waals surface area contributed by atoms with Crippen molar-refractivity contribution in [3.05, 3.63) is 0 Å². The average molecular weight is 200 g/mol. The highest BCUT2D eigenvalue weighted by molar-refractivity contribution is 4.97. The fourth-order valence-corrected chi connectivity index (χ4v) is 1.99. The normalized spacial score (nSPS) is 21.6. The lowest BCUT2D eigenvalue weighted by Gasteiger charge is -2.35. The first-order chi connectivity index (χ1) is 6.53. The minimum atomic E-state index is -0.639. The molecule has 0 aromatic rings. The summed E-state index contributed by atoms with van der Waals surface area (Å²) >= 11 is 0. The lowest BCUT2D eigenvalue weighted by Crippen LogP contribution is -2.51. The van der Waals surface area contributed by atoms with Crippen LogP contribution in [0.2, 0.25) is 0 Å². The third-order valence-corrected chi connectivity index (χ3v) is 3.30. The molecular formula is C11H24N2O. The minimum Gasteiger partial charge on any atom is -0.387 e. The second-order valence-corrected chi connectivity index (χ2v) is 4.74. The van der Waals surface area contributed by atoms with E-state index >= 15 is 0 Å². The zero-order chi connectivity index (χ0) is 10.8. The van der Waals surface area contributed by atoms with E-state index < -0.39 is 5.60 Å². The maximum Gasteiger partial charge on any atom is 0.0923 e. The van der Waals surface area contributed by atoms with E-state index in [1.54, 1.807) is 0 Å². The molecule has 0 radical (unpaired) electrons. The summed E-state index contributed by atoms with van der Waals surface area (Å²) < 4.78 is 0. The second kappa shape index (κ2) is 4.60. The molecule has 0 aliphatic heterocycles. The van der Waals surface area contributed by atoms with Gasteiger partial charge in [-0.15, -0.1) is 0 Å². The number of hydrogen-bond donors (Lipinski definition) is 2. The van der Waals surface area contributed by atoms with Crippen LogP contribution in [0.25, 0.3) is 0 Å². The lowest BCUT2D eigenvalue weighted by atomic mass is 9.96. The molecule has 14 heavy (non-hydrogen) atoms. The van der Waals surface area contributed by atoms with Gasteiger partial charge in [0.1, 0.15) is 0 Å². The van der Waals surface area contributed by atoms with Crippen LogP contribution in [0.4, 0.5) is 0 Å². The molecule has 3 nitrogen and oxygen atoms in total. The van der Waals surface area contributed by atoms with Crippen LogP contribution < -0.4 is 5.73 Å². The Hall–Kier alpha value is -0.120. The van der Waals surface area contributed by atoms with Gasteiger partial charge < -0.3 is 10.8 Å². The first-order valence-electron chi connectivity index (χ1n) is 5.70. The Bertz CT molecular complexity index is 180. The van der Waals surface area contributed by atoms with Gasteiger partial charge in [0.05, 0.1) is 5.60 Å². The van der Waals surface area contributed by atoms with E-state index in [0.717, 1.165) is 25.9 Å². The number of nitrogens with two attached hydrogens (primary N) is 1. The maximum atomic E-state index is 10.3. The van der Waals surface area contributed by atoms with Gasteiger partial charge >= 0.3 is 0 Å². The molecule has 1 fully saturated rings. The van der Waals surface area contributed by atoms with Crippen molar-refractivity contribution in [1.82, 2.24) is 4.90 Å². The zero-order valence-electron chi connectivity index (χ0n) is 9.66. The molecular weight excluding hydrogens is 176 g/mol. The molecule has 1 rings (SSSR count). The molecule has 1 aliphatic carbocycles. The Labute approximate surface area is 87.3 Å². The molecule has 0 spiro atoms. The monoisotopic (exact) mass is 200 g/mol. The van der Waals surface area contributed by atoms with Crippen LogP contribution in [0.3, 0.4) is 0 Å². The summed E-state index contributed by atoms with van der Waals surface area (Å²) in [5, 5.41) is 10.3. The number of likely N-dealkylation sites (N-methyl/N-ethyl adjacent to an activating group) is 1. The fourth-order valence-electron chi connectivity index (χ4n) is 1.99. The van der Waals surface area contributed by atoms with Gasteiger partial charge in [0, 0.05) is 19.1 Å². The summed E-state index contributed by atoms with van der Waals surface area (Å²) in [6, 6.07) is 0.483. The molecule has 0 saturated heterocycles. The van der Waals surface area contributed by atoms with Gasteiger partial charge in [-0.05, 0) is 39.2 Å². The largest absolute Gasteiger partial charge is 0.387 e. The van der Waals surface area contributed by atoms with Crippen LogP contribution in [0.5, 0.6) is 0 Å². The Morgan fingerprint density at radius 3 is 2.36 bits per heavy atom. The molecule has 1 saturated carbocycles. The molecule has 1 atom stereocenters. The summed E-state index contributed by atoms with van der Waals surface area (Å²) in [5.74, 6) is 0.445. The van der Waals surface area contributed by atoms with Crippen molar-refractivity contribution >= 4 is 0 Å². The lowest BCUT2D eigenvalue weighted by molar-refractivity contribution is -0.0145. The first kappa shape index (κ1) is 12.0. The summed E-state index contributed by atoms with van der Waals surface area (Å²) in [6.45, 7) is 8.54. The van der Waals surface area contributed by atoms with Crippen LogP contribution in [-0.4, -0.2) is 41.3 Å². The molecule has 0 amide bonds. The Morgan fingerprint density at radius 1 is 1.50 bits per heavy atom. The van der Waals surface area contributed by atoms with E-state index in [1.807, 2.05) is 0 Å². The molecule has 0 aromatic carbocycles. The van der Waals surface area contributed by atoms with Crippen LogP contribution in [-0.2, 0) is 0 Å². The van der Waals surface area contributed by atoms with Gasteiger partial charge in [0.2, 0.25) is 0 Å². The quantitative estimate of drug-likeness (QED) is 0.667. The standard InChI is InChI=1S/C11H24N2O/c1-4-13(9(2)3)8-11(14,7-12)10-5-6-10/h9-10,14H,4-8,12H2,1-3H3. The molecule has 84 valence electrons. The smallest absolute Gasteiger partial charge is 0.0923 e. The highest BCUT2D eigenvalue weighted by Crippen LogP contribution is 2.39. The van der Waals surface area contributed by atoms with Gasteiger partial charge in [0.25, 0.3) is 0 Å². The number of nitrogens with zero attached hydrogens (tertiary/aromatic N) is 1.